The molecule has 0 saturated carbocycles. The minimum Gasteiger partial charge on any atom is -0.309 e. The average Bonchev–Trinajstić information content (AvgIpc) is 2.64. The Morgan fingerprint density at radius 3 is 2.47 bits per heavy atom. The zero-order chi connectivity index (χ0) is 10.8. The molecule has 2 nitrogen and oxygen atoms in total. The SMILES string of the molecule is Cc1cc(C)cc(C2CC(C#N)CN2)c1. The second-order valence-electron chi connectivity index (χ2n) is 4.44. The summed E-state index contributed by atoms with van der Waals surface area (Å²) in [6, 6.07) is 9.31. The molecule has 1 fully saturated rings. The fraction of sp³-hybridized carbons (Fsp3) is 0.462. The van der Waals surface area contributed by atoms with Gasteiger partial charge < -0.3 is 5.32 Å². The predicted octanol–water partition coefficient (Wildman–Crippen LogP) is 2.48. The largest absolute Gasteiger partial charge is 0.309 e. The van der Waals surface area contributed by atoms with Gasteiger partial charge in [-0.15, -0.1) is 0 Å². The molecule has 2 heteroatoms. The van der Waals surface area contributed by atoms with Crippen molar-refractivity contribution in [3.8, 4) is 6.07 Å². The van der Waals surface area contributed by atoms with Crippen LogP contribution in [-0.2, 0) is 0 Å². The normalized spacial score (nSPS) is 25.1. The minimum absolute atomic E-state index is 0.177. The van der Waals surface area contributed by atoms with Crippen molar-refractivity contribution < 1.29 is 0 Å². The molecule has 0 aliphatic carbocycles. The fourth-order valence-corrected chi connectivity index (χ4v) is 2.30. The molecule has 1 heterocycles. The molecule has 1 N–H and O–H groups in total. The Morgan fingerprint density at radius 1 is 1.27 bits per heavy atom. The van der Waals surface area contributed by atoms with E-state index in [0.29, 0.717) is 6.04 Å². The number of nitrogens with zero attached hydrogens (tertiary/aromatic N) is 1. The van der Waals surface area contributed by atoms with Crippen molar-refractivity contribution in [1.82, 2.24) is 5.32 Å². The Bertz CT molecular complexity index is 383. The number of nitriles is 1. The molecule has 0 amide bonds. The molecule has 2 rings (SSSR count). The van der Waals surface area contributed by atoms with Gasteiger partial charge in [0.1, 0.15) is 0 Å². The lowest BCUT2D eigenvalue weighted by molar-refractivity contribution is 0.638. The molecule has 15 heavy (non-hydrogen) atoms. The summed E-state index contributed by atoms with van der Waals surface area (Å²) in [7, 11) is 0. The molecule has 1 aromatic rings. The summed E-state index contributed by atoms with van der Waals surface area (Å²) in [6.07, 6.45) is 0.944. The van der Waals surface area contributed by atoms with Crippen molar-refractivity contribution in [1.29, 1.82) is 5.26 Å². The van der Waals surface area contributed by atoms with Crippen LogP contribution < -0.4 is 5.32 Å². The Hall–Kier alpha value is -1.33. The van der Waals surface area contributed by atoms with Crippen LogP contribution in [0.25, 0.3) is 0 Å². The maximum atomic E-state index is 8.85. The van der Waals surface area contributed by atoms with E-state index in [1.54, 1.807) is 0 Å². The van der Waals surface area contributed by atoms with Crippen LogP contribution in [0.3, 0.4) is 0 Å². The fourth-order valence-electron chi connectivity index (χ4n) is 2.30. The van der Waals surface area contributed by atoms with Crippen LogP contribution in [0.4, 0.5) is 0 Å². The summed E-state index contributed by atoms with van der Waals surface area (Å²) in [5.74, 6) is 0.177. The molecule has 2 atom stereocenters. The third-order valence-electron chi connectivity index (χ3n) is 2.96. The molecule has 0 aromatic heterocycles. The monoisotopic (exact) mass is 200 g/mol. The first kappa shape index (κ1) is 10.2. The lowest BCUT2D eigenvalue weighted by atomic mass is 9.98. The van der Waals surface area contributed by atoms with Gasteiger partial charge in [-0.2, -0.15) is 5.26 Å². The van der Waals surface area contributed by atoms with E-state index in [9.17, 15) is 0 Å². The number of aryl methyl sites for hydroxylation is 2. The minimum atomic E-state index is 0.177. The van der Waals surface area contributed by atoms with Gasteiger partial charge in [-0.05, 0) is 25.8 Å². The second kappa shape index (κ2) is 4.04. The van der Waals surface area contributed by atoms with E-state index in [2.05, 4.69) is 43.4 Å². The number of rotatable bonds is 1. The summed E-state index contributed by atoms with van der Waals surface area (Å²) >= 11 is 0. The first-order chi connectivity index (χ1) is 7.19. The Morgan fingerprint density at radius 2 is 1.93 bits per heavy atom. The average molecular weight is 200 g/mol. The van der Waals surface area contributed by atoms with Gasteiger partial charge in [-0.1, -0.05) is 29.3 Å². The zero-order valence-electron chi connectivity index (χ0n) is 9.25. The highest BCUT2D eigenvalue weighted by molar-refractivity contribution is 5.31. The van der Waals surface area contributed by atoms with Gasteiger partial charge in [0.2, 0.25) is 0 Å². The predicted molar refractivity (Wildman–Crippen MR) is 60.4 cm³/mol. The molecule has 1 aromatic carbocycles. The van der Waals surface area contributed by atoms with E-state index in [4.69, 9.17) is 5.26 Å². The van der Waals surface area contributed by atoms with E-state index in [1.165, 1.54) is 16.7 Å². The lowest BCUT2D eigenvalue weighted by Gasteiger charge is -2.12. The lowest BCUT2D eigenvalue weighted by Crippen LogP contribution is -2.13. The third-order valence-corrected chi connectivity index (χ3v) is 2.96. The van der Waals surface area contributed by atoms with Crippen LogP contribution in [0.15, 0.2) is 18.2 Å². The highest BCUT2D eigenvalue weighted by Crippen LogP contribution is 2.27. The van der Waals surface area contributed by atoms with Crippen LogP contribution in [0.2, 0.25) is 0 Å². The van der Waals surface area contributed by atoms with E-state index in [-0.39, 0.29) is 5.92 Å². The summed E-state index contributed by atoms with van der Waals surface area (Å²) in [4.78, 5) is 0. The highest BCUT2D eigenvalue weighted by atomic mass is 14.9. The van der Waals surface area contributed by atoms with Crippen molar-refractivity contribution in [2.24, 2.45) is 5.92 Å². The maximum Gasteiger partial charge on any atom is 0.0669 e. The summed E-state index contributed by atoms with van der Waals surface area (Å²) in [5, 5.41) is 12.3. The van der Waals surface area contributed by atoms with Crippen LogP contribution in [-0.4, -0.2) is 6.54 Å². The molecule has 1 aliphatic rings. The summed E-state index contributed by atoms with van der Waals surface area (Å²) in [6.45, 7) is 5.06. The smallest absolute Gasteiger partial charge is 0.0669 e. The van der Waals surface area contributed by atoms with Gasteiger partial charge in [-0.25, -0.2) is 0 Å². The Labute approximate surface area is 90.9 Å². The molecule has 78 valence electrons. The molecule has 2 unspecified atom stereocenters. The van der Waals surface area contributed by atoms with E-state index in [1.807, 2.05) is 0 Å². The van der Waals surface area contributed by atoms with Crippen molar-refractivity contribution in [2.45, 2.75) is 26.3 Å². The molecule has 0 spiro atoms. The number of hydrogen-bond acceptors (Lipinski definition) is 2. The van der Waals surface area contributed by atoms with Crippen LogP contribution >= 0.6 is 0 Å². The molecule has 0 bridgehead atoms. The second-order valence-corrected chi connectivity index (χ2v) is 4.44. The van der Waals surface area contributed by atoms with Crippen LogP contribution in [0, 0.1) is 31.1 Å². The highest BCUT2D eigenvalue weighted by Gasteiger charge is 2.24. The van der Waals surface area contributed by atoms with Crippen molar-refractivity contribution in [2.75, 3.05) is 6.54 Å². The maximum absolute atomic E-state index is 8.85. The molecule has 0 radical (unpaired) electrons. The number of nitrogens with one attached hydrogen (secondary N) is 1. The first-order valence-corrected chi connectivity index (χ1v) is 5.40. The van der Waals surface area contributed by atoms with Crippen molar-refractivity contribution >= 4 is 0 Å². The van der Waals surface area contributed by atoms with Gasteiger partial charge in [0.25, 0.3) is 0 Å². The van der Waals surface area contributed by atoms with E-state index < -0.39 is 0 Å². The summed E-state index contributed by atoms with van der Waals surface area (Å²) in [5.41, 5.74) is 3.92. The number of hydrogen-bond donors (Lipinski definition) is 1. The molecule has 1 aliphatic heterocycles. The Kier molecular flexibility index (Phi) is 2.75. The third kappa shape index (κ3) is 2.19. The first-order valence-electron chi connectivity index (χ1n) is 5.40. The zero-order valence-corrected chi connectivity index (χ0v) is 9.25. The topological polar surface area (TPSA) is 35.8 Å². The van der Waals surface area contributed by atoms with E-state index in [0.717, 1.165) is 13.0 Å². The van der Waals surface area contributed by atoms with Gasteiger partial charge in [0.15, 0.2) is 0 Å². The van der Waals surface area contributed by atoms with Gasteiger partial charge in [0, 0.05) is 12.6 Å². The van der Waals surface area contributed by atoms with Crippen molar-refractivity contribution in [3.63, 3.8) is 0 Å². The molecule has 1 saturated heterocycles. The summed E-state index contributed by atoms with van der Waals surface area (Å²) < 4.78 is 0. The Balaban J connectivity index is 2.21. The quantitative estimate of drug-likeness (QED) is 0.756. The van der Waals surface area contributed by atoms with E-state index >= 15 is 0 Å². The number of benzene rings is 1. The van der Waals surface area contributed by atoms with Gasteiger partial charge >= 0.3 is 0 Å². The standard InChI is InChI=1S/C13H16N2/c1-9-3-10(2)5-12(4-9)13-6-11(7-14)8-15-13/h3-5,11,13,15H,6,8H2,1-2H3. The molecular formula is C13H16N2. The van der Waals surface area contributed by atoms with Gasteiger partial charge in [-0.3, -0.25) is 0 Å². The molecular weight excluding hydrogens is 184 g/mol. The van der Waals surface area contributed by atoms with Crippen LogP contribution in [0.1, 0.15) is 29.2 Å². The van der Waals surface area contributed by atoms with Crippen LogP contribution in [0.5, 0.6) is 0 Å². The van der Waals surface area contributed by atoms with Crippen molar-refractivity contribution in [3.05, 3.63) is 34.9 Å². The van der Waals surface area contributed by atoms with Gasteiger partial charge in [0.05, 0.1) is 12.0 Å².